The second-order valence-electron chi connectivity index (χ2n) is 4.68. The molecule has 0 bridgehead atoms. The van der Waals surface area contributed by atoms with Crippen LogP contribution in [0.15, 0.2) is 42.7 Å². The number of H-pyrrole nitrogens is 1. The maximum absolute atomic E-state index is 14.4. The van der Waals surface area contributed by atoms with Crippen molar-refractivity contribution in [2.45, 2.75) is 0 Å². The number of pyridine rings is 1. The van der Waals surface area contributed by atoms with Crippen molar-refractivity contribution in [3.05, 3.63) is 59.7 Å². The molecule has 2 heterocycles. The van der Waals surface area contributed by atoms with Gasteiger partial charge >= 0.3 is 10.3 Å². The van der Waals surface area contributed by atoms with E-state index in [4.69, 9.17) is 4.55 Å². The van der Waals surface area contributed by atoms with Gasteiger partial charge in [0.25, 0.3) is 0 Å². The van der Waals surface area contributed by atoms with E-state index in [1.54, 1.807) is 23.1 Å². The van der Waals surface area contributed by atoms with E-state index in [1.807, 2.05) is 0 Å². The van der Waals surface area contributed by atoms with Gasteiger partial charge in [-0.3, -0.25) is 14.1 Å². The zero-order chi connectivity index (χ0) is 16.6. The summed E-state index contributed by atoms with van der Waals surface area (Å²) in [6.07, 6.45) is 2.95. The maximum atomic E-state index is 14.4. The summed E-state index contributed by atoms with van der Waals surface area (Å²) in [4.78, 5) is 19.4. The average Bonchev–Trinajstić information content (AvgIpc) is 2.91. The molecule has 1 aromatic carbocycles. The van der Waals surface area contributed by atoms with Crippen LogP contribution in [0.1, 0.15) is 15.9 Å². The Hall–Kier alpha value is -2.78. The van der Waals surface area contributed by atoms with Gasteiger partial charge in [0.2, 0.25) is 0 Å². The standard InChI is InChI=1S/C14H10FN3O4S/c15-12-9(3-1-5-11(12)18-23(20,21)22)13(19)10-7-17-14-8(10)4-2-6-16-14/h1-7,18H,(H,16,17)(H,20,21,22). The first-order valence-corrected chi connectivity index (χ1v) is 7.81. The number of halogens is 1. The number of rotatable bonds is 4. The van der Waals surface area contributed by atoms with Crippen molar-refractivity contribution in [3.63, 3.8) is 0 Å². The fourth-order valence-corrected chi connectivity index (χ4v) is 2.65. The van der Waals surface area contributed by atoms with Crippen LogP contribution in [0.3, 0.4) is 0 Å². The quantitative estimate of drug-likeness (QED) is 0.499. The van der Waals surface area contributed by atoms with E-state index in [0.29, 0.717) is 11.0 Å². The Morgan fingerprint density at radius 2 is 2.00 bits per heavy atom. The van der Waals surface area contributed by atoms with Gasteiger partial charge in [0, 0.05) is 23.3 Å². The largest absolute Gasteiger partial charge is 0.357 e. The molecule has 0 unspecified atom stereocenters. The smallest absolute Gasteiger partial charge is 0.345 e. The minimum Gasteiger partial charge on any atom is -0.345 e. The second-order valence-corrected chi connectivity index (χ2v) is 5.83. The molecule has 0 aliphatic carbocycles. The van der Waals surface area contributed by atoms with Gasteiger partial charge in [0.05, 0.1) is 11.3 Å². The van der Waals surface area contributed by atoms with Crippen molar-refractivity contribution in [2.24, 2.45) is 0 Å². The number of ketones is 1. The normalized spacial score (nSPS) is 11.6. The maximum Gasteiger partial charge on any atom is 0.357 e. The zero-order valence-electron chi connectivity index (χ0n) is 11.4. The zero-order valence-corrected chi connectivity index (χ0v) is 12.3. The number of carbonyl (C=O) groups excluding carboxylic acids is 1. The van der Waals surface area contributed by atoms with Crippen LogP contribution < -0.4 is 4.72 Å². The van der Waals surface area contributed by atoms with Gasteiger partial charge in [-0.15, -0.1) is 0 Å². The lowest BCUT2D eigenvalue weighted by atomic mass is 10.0. The summed E-state index contributed by atoms with van der Waals surface area (Å²) in [5.41, 5.74) is -0.167. The fraction of sp³-hybridized carbons (Fsp3) is 0. The molecule has 0 fully saturated rings. The van der Waals surface area contributed by atoms with Gasteiger partial charge in [-0.05, 0) is 24.3 Å². The lowest BCUT2D eigenvalue weighted by molar-refractivity contribution is 0.103. The van der Waals surface area contributed by atoms with Crippen molar-refractivity contribution in [3.8, 4) is 0 Å². The van der Waals surface area contributed by atoms with Crippen molar-refractivity contribution in [1.82, 2.24) is 9.97 Å². The number of aromatic amines is 1. The number of nitrogens with zero attached hydrogens (tertiary/aromatic N) is 1. The summed E-state index contributed by atoms with van der Waals surface area (Å²) in [5.74, 6) is -1.71. The molecular formula is C14H10FN3O4S. The van der Waals surface area contributed by atoms with Crippen LogP contribution in [-0.4, -0.2) is 28.7 Å². The molecule has 7 nitrogen and oxygen atoms in total. The van der Waals surface area contributed by atoms with E-state index < -0.39 is 27.6 Å². The molecule has 0 saturated heterocycles. The molecule has 3 rings (SSSR count). The molecule has 118 valence electrons. The summed E-state index contributed by atoms with van der Waals surface area (Å²) in [6.45, 7) is 0. The Kier molecular flexibility index (Phi) is 3.58. The molecule has 23 heavy (non-hydrogen) atoms. The fourth-order valence-electron chi connectivity index (χ4n) is 2.21. The van der Waals surface area contributed by atoms with Gasteiger partial charge in [-0.2, -0.15) is 8.42 Å². The molecule has 0 radical (unpaired) electrons. The van der Waals surface area contributed by atoms with Crippen LogP contribution in [0.5, 0.6) is 0 Å². The number of fused-ring (bicyclic) bond motifs is 1. The van der Waals surface area contributed by atoms with Crippen LogP contribution in [0.25, 0.3) is 11.0 Å². The molecule has 3 aromatic rings. The average molecular weight is 335 g/mol. The van der Waals surface area contributed by atoms with Crippen LogP contribution in [0, 0.1) is 5.82 Å². The van der Waals surface area contributed by atoms with Gasteiger partial charge in [0.15, 0.2) is 11.6 Å². The summed E-state index contributed by atoms with van der Waals surface area (Å²) in [6, 6.07) is 6.92. The van der Waals surface area contributed by atoms with E-state index in [2.05, 4.69) is 9.97 Å². The highest BCUT2D eigenvalue weighted by Gasteiger charge is 2.21. The summed E-state index contributed by atoms with van der Waals surface area (Å²) in [7, 11) is -4.65. The Morgan fingerprint density at radius 3 is 2.74 bits per heavy atom. The van der Waals surface area contributed by atoms with Gasteiger partial charge in [-0.1, -0.05) is 6.07 Å². The van der Waals surface area contributed by atoms with Gasteiger partial charge in [-0.25, -0.2) is 9.37 Å². The van der Waals surface area contributed by atoms with E-state index in [1.165, 1.54) is 18.3 Å². The number of hydrogen-bond acceptors (Lipinski definition) is 4. The van der Waals surface area contributed by atoms with Gasteiger partial charge < -0.3 is 4.98 Å². The van der Waals surface area contributed by atoms with Crippen molar-refractivity contribution in [2.75, 3.05) is 4.72 Å². The molecule has 2 aromatic heterocycles. The number of nitrogens with one attached hydrogen (secondary N) is 2. The summed E-state index contributed by atoms with van der Waals surface area (Å²) in [5, 5.41) is 0.519. The van der Waals surface area contributed by atoms with Crippen molar-refractivity contribution in [1.29, 1.82) is 0 Å². The molecular weight excluding hydrogens is 325 g/mol. The lowest BCUT2D eigenvalue weighted by Crippen LogP contribution is -2.13. The predicted octanol–water partition coefficient (Wildman–Crippen LogP) is 2.15. The Bertz CT molecular complexity index is 1010. The molecule has 0 amide bonds. The Morgan fingerprint density at radius 1 is 1.22 bits per heavy atom. The topological polar surface area (TPSA) is 112 Å². The number of benzene rings is 1. The van der Waals surface area contributed by atoms with Crippen LogP contribution in [0.4, 0.5) is 10.1 Å². The highest BCUT2D eigenvalue weighted by atomic mass is 32.2. The third-order valence-corrected chi connectivity index (χ3v) is 3.66. The molecule has 0 aliphatic rings. The van der Waals surface area contributed by atoms with E-state index in [9.17, 15) is 17.6 Å². The van der Waals surface area contributed by atoms with E-state index >= 15 is 0 Å². The van der Waals surface area contributed by atoms with Gasteiger partial charge in [0.1, 0.15) is 5.65 Å². The van der Waals surface area contributed by atoms with Crippen molar-refractivity contribution < 1.29 is 22.2 Å². The molecule has 0 aliphatic heterocycles. The highest BCUT2D eigenvalue weighted by Crippen LogP contribution is 2.24. The Labute approximate surface area is 130 Å². The minimum absolute atomic E-state index is 0.205. The molecule has 3 N–H and O–H groups in total. The Balaban J connectivity index is 2.08. The molecule has 9 heteroatoms. The number of carbonyl (C=O) groups is 1. The molecule has 0 spiro atoms. The number of hydrogen-bond donors (Lipinski definition) is 3. The lowest BCUT2D eigenvalue weighted by Gasteiger charge is -2.07. The number of anilines is 1. The second kappa shape index (κ2) is 5.45. The highest BCUT2D eigenvalue weighted by molar-refractivity contribution is 7.87. The molecule has 0 atom stereocenters. The monoisotopic (exact) mass is 335 g/mol. The third kappa shape index (κ3) is 2.91. The SMILES string of the molecule is O=C(c1cccc(NS(=O)(=O)O)c1F)c1c[nH]c2ncccc12. The van der Waals surface area contributed by atoms with Crippen LogP contribution in [-0.2, 0) is 10.3 Å². The van der Waals surface area contributed by atoms with Crippen molar-refractivity contribution >= 4 is 32.8 Å². The first-order valence-electron chi connectivity index (χ1n) is 6.37. The molecule has 0 saturated carbocycles. The summed E-state index contributed by atoms with van der Waals surface area (Å²) >= 11 is 0. The summed E-state index contributed by atoms with van der Waals surface area (Å²) < 4.78 is 46.3. The first kappa shape index (κ1) is 15.1. The van der Waals surface area contributed by atoms with E-state index in [0.717, 1.165) is 6.07 Å². The van der Waals surface area contributed by atoms with E-state index in [-0.39, 0.29) is 11.1 Å². The number of aromatic nitrogens is 2. The first-order chi connectivity index (χ1) is 10.9. The van der Waals surface area contributed by atoms with Crippen LogP contribution >= 0.6 is 0 Å². The third-order valence-electron chi connectivity index (χ3n) is 3.18. The minimum atomic E-state index is -4.65. The van der Waals surface area contributed by atoms with Crippen LogP contribution in [0.2, 0.25) is 0 Å². The predicted molar refractivity (Wildman–Crippen MR) is 81.1 cm³/mol.